The molecule has 0 saturated heterocycles. The first kappa shape index (κ1) is 17.8. The Balaban J connectivity index is 2.38. The van der Waals surface area contributed by atoms with Gasteiger partial charge in [0.05, 0.1) is 19.1 Å². The Labute approximate surface area is 143 Å². The monoisotopic (exact) mass is 329 g/mol. The van der Waals surface area contributed by atoms with E-state index in [1.54, 1.807) is 19.5 Å². The van der Waals surface area contributed by atoms with Crippen LogP contribution >= 0.6 is 0 Å². The molecule has 0 aliphatic heterocycles. The topological polar surface area (TPSA) is 28.1 Å². The van der Waals surface area contributed by atoms with Crippen LogP contribution in [0.15, 0.2) is 41.4 Å². The van der Waals surface area contributed by atoms with E-state index in [0.717, 1.165) is 29.2 Å². The minimum atomic E-state index is -0.349. The maximum absolute atomic E-state index is 14.5. The second-order valence-electron chi connectivity index (χ2n) is 5.64. The van der Waals surface area contributed by atoms with Gasteiger partial charge >= 0.3 is 0 Å². The SMILES string of the molecule is CCN(C)/C=N/c1cc(C)c(N(C)c2ccccc2OC)cc1F. The van der Waals surface area contributed by atoms with Crippen molar-refractivity contribution in [2.75, 3.05) is 32.6 Å². The third-order valence-electron chi connectivity index (χ3n) is 3.97. The van der Waals surface area contributed by atoms with Crippen molar-refractivity contribution in [1.29, 1.82) is 0 Å². The molecule has 0 saturated carbocycles. The van der Waals surface area contributed by atoms with Crippen molar-refractivity contribution >= 4 is 23.4 Å². The van der Waals surface area contributed by atoms with Gasteiger partial charge < -0.3 is 14.5 Å². The molecular weight excluding hydrogens is 305 g/mol. The summed E-state index contributed by atoms with van der Waals surface area (Å²) < 4.78 is 19.8. The fourth-order valence-electron chi connectivity index (χ4n) is 2.40. The fourth-order valence-corrected chi connectivity index (χ4v) is 2.40. The van der Waals surface area contributed by atoms with E-state index in [1.807, 2.05) is 62.0 Å². The van der Waals surface area contributed by atoms with Crippen molar-refractivity contribution in [3.05, 3.63) is 47.8 Å². The van der Waals surface area contributed by atoms with Crippen LogP contribution in [0.5, 0.6) is 5.75 Å². The van der Waals surface area contributed by atoms with Gasteiger partial charge in [-0.2, -0.15) is 0 Å². The predicted octanol–water partition coefficient (Wildman–Crippen LogP) is 4.52. The van der Waals surface area contributed by atoms with E-state index in [4.69, 9.17) is 4.74 Å². The number of hydrogen-bond acceptors (Lipinski definition) is 3. The second-order valence-corrected chi connectivity index (χ2v) is 5.64. The molecule has 2 aromatic carbocycles. The molecule has 0 aromatic heterocycles. The minimum Gasteiger partial charge on any atom is -0.495 e. The van der Waals surface area contributed by atoms with Gasteiger partial charge in [0.2, 0.25) is 0 Å². The van der Waals surface area contributed by atoms with Crippen LogP contribution in [0.1, 0.15) is 12.5 Å². The van der Waals surface area contributed by atoms with Crippen molar-refractivity contribution in [2.24, 2.45) is 4.99 Å². The molecule has 0 radical (unpaired) electrons. The van der Waals surface area contributed by atoms with Crippen LogP contribution in [-0.4, -0.2) is 39.0 Å². The van der Waals surface area contributed by atoms with E-state index in [-0.39, 0.29) is 5.82 Å². The van der Waals surface area contributed by atoms with Gasteiger partial charge in [0.25, 0.3) is 0 Å². The molecule has 5 heteroatoms. The lowest BCUT2D eigenvalue weighted by atomic mass is 10.1. The number of para-hydroxylation sites is 2. The van der Waals surface area contributed by atoms with E-state index in [9.17, 15) is 4.39 Å². The number of halogens is 1. The molecule has 0 atom stereocenters. The van der Waals surface area contributed by atoms with Crippen molar-refractivity contribution in [3.8, 4) is 5.75 Å². The summed E-state index contributed by atoms with van der Waals surface area (Å²) in [6, 6.07) is 10.9. The van der Waals surface area contributed by atoms with Crippen LogP contribution in [0.2, 0.25) is 0 Å². The number of benzene rings is 2. The summed E-state index contributed by atoms with van der Waals surface area (Å²) in [5, 5.41) is 0. The first-order valence-electron chi connectivity index (χ1n) is 7.89. The van der Waals surface area contributed by atoms with Crippen LogP contribution in [0.4, 0.5) is 21.5 Å². The molecule has 0 bridgehead atoms. The Bertz CT molecular complexity index is 731. The molecule has 4 nitrogen and oxygen atoms in total. The van der Waals surface area contributed by atoms with Gasteiger partial charge in [0.15, 0.2) is 5.82 Å². The molecule has 128 valence electrons. The van der Waals surface area contributed by atoms with Gasteiger partial charge in [-0.1, -0.05) is 12.1 Å². The number of rotatable bonds is 6. The number of nitrogens with zero attached hydrogens (tertiary/aromatic N) is 3. The van der Waals surface area contributed by atoms with Crippen LogP contribution in [0.3, 0.4) is 0 Å². The van der Waals surface area contributed by atoms with Gasteiger partial charge in [-0.25, -0.2) is 9.38 Å². The summed E-state index contributed by atoms with van der Waals surface area (Å²) in [6.45, 7) is 4.78. The zero-order chi connectivity index (χ0) is 17.7. The highest BCUT2D eigenvalue weighted by Gasteiger charge is 2.14. The highest BCUT2D eigenvalue weighted by Crippen LogP contribution is 2.36. The molecule has 0 amide bonds. The molecule has 0 N–H and O–H groups in total. The van der Waals surface area contributed by atoms with Gasteiger partial charge in [0, 0.05) is 32.4 Å². The number of aryl methyl sites for hydroxylation is 1. The van der Waals surface area contributed by atoms with E-state index in [1.165, 1.54) is 6.07 Å². The fraction of sp³-hybridized carbons (Fsp3) is 0.316. The summed E-state index contributed by atoms with van der Waals surface area (Å²) in [6.07, 6.45) is 1.64. The summed E-state index contributed by atoms with van der Waals surface area (Å²) >= 11 is 0. The van der Waals surface area contributed by atoms with Gasteiger partial charge in [-0.05, 0) is 37.6 Å². The Morgan fingerprint density at radius 1 is 1.17 bits per heavy atom. The van der Waals surface area contributed by atoms with Crippen molar-refractivity contribution < 1.29 is 9.13 Å². The molecule has 0 unspecified atom stereocenters. The van der Waals surface area contributed by atoms with Crippen LogP contribution in [0.25, 0.3) is 0 Å². The number of hydrogen-bond donors (Lipinski definition) is 0. The largest absolute Gasteiger partial charge is 0.495 e. The van der Waals surface area contributed by atoms with E-state index in [2.05, 4.69) is 4.99 Å². The average molecular weight is 329 g/mol. The Kier molecular flexibility index (Phi) is 5.79. The molecular formula is C19H24FN3O. The molecule has 0 heterocycles. The lowest BCUT2D eigenvalue weighted by Crippen LogP contribution is -2.14. The van der Waals surface area contributed by atoms with Crippen LogP contribution in [0, 0.1) is 12.7 Å². The first-order chi connectivity index (χ1) is 11.5. The normalized spacial score (nSPS) is 10.9. The van der Waals surface area contributed by atoms with Gasteiger partial charge in [-0.3, -0.25) is 0 Å². The Morgan fingerprint density at radius 2 is 1.88 bits per heavy atom. The maximum Gasteiger partial charge on any atom is 0.150 e. The molecule has 2 rings (SSSR count). The average Bonchev–Trinajstić information content (AvgIpc) is 2.61. The first-order valence-corrected chi connectivity index (χ1v) is 7.89. The Hall–Kier alpha value is -2.56. The van der Waals surface area contributed by atoms with Crippen LogP contribution < -0.4 is 9.64 Å². The van der Waals surface area contributed by atoms with E-state index in [0.29, 0.717) is 5.69 Å². The summed E-state index contributed by atoms with van der Waals surface area (Å²) in [5.41, 5.74) is 2.94. The smallest absolute Gasteiger partial charge is 0.150 e. The van der Waals surface area contributed by atoms with Crippen molar-refractivity contribution in [1.82, 2.24) is 4.90 Å². The van der Waals surface area contributed by atoms with Gasteiger partial charge in [0.1, 0.15) is 11.4 Å². The standard InChI is InChI=1S/C19H24FN3O/c1-6-22(3)13-21-16-11-14(2)18(12-15(16)20)23(4)17-9-7-8-10-19(17)24-5/h7-13H,6H2,1-5H3/b21-13+. The lowest BCUT2D eigenvalue weighted by molar-refractivity contribution is 0.415. The molecule has 0 aliphatic rings. The highest BCUT2D eigenvalue weighted by molar-refractivity contribution is 5.73. The molecule has 0 fully saturated rings. The summed E-state index contributed by atoms with van der Waals surface area (Å²) in [5.74, 6) is 0.393. The van der Waals surface area contributed by atoms with Gasteiger partial charge in [-0.15, -0.1) is 0 Å². The molecule has 24 heavy (non-hydrogen) atoms. The maximum atomic E-state index is 14.5. The summed E-state index contributed by atoms with van der Waals surface area (Å²) in [4.78, 5) is 8.04. The van der Waals surface area contributed by atoms with Crippen molar-refractivity contribution in [2.45, 2.75) is 13.8 Å². The second kappa shape index (κ2) is 7.81. The van der Waals surface area contributed by atoms with E-state index < -0.39 is 0 Å². The number of aliphatic imine (C=N–C) groups is 1. The Morgan fingerprint density at radius 3 is 2.54 bits per heavy atom. The third kappa shape index (κ3) is 3.85. The zero-order valence-electron chi connectivity index (χ0n) is 14.9. The quantitative estimate of drug-likeness (QED) is 0.576. The third-order valence-corrected chi connectivity index (χ3v) is 3.97. The predicted molar refractivity (Wildman–Crippen MR) is 98.7 cm³/mol. The molecule has 0 spiro atoms. The summed E-state index contributed by atoms with van der Waals surface area (Å²) in [7, 11) is 5.42. The number of ether oxygens (including phenoxy) is 1. The van der Waals surface area contributed by atoms with Crippen LogP contribution in [-0.2, 0) is 0 Å². The van der Waals surface area contributed by atoms with E-state index >= 15 is 0 Å². The molecule has 2 aromatic rings. The lowest BCUT2D eigenvalue weighted by Gasteiger charge is -2.24. The highest BCUT2D eigenvalue weighted by atomic mass is 19.1. The van der Waals surface area contributed by atoms with Crippen molar-refractivity contribution in [3.63, 3.8) is 0 Å². The minimum absolute atomic E-state index is 0.338. The number of methoxy groups -OCH3 is 1. The number of anilines is 2. The molecule has 0 aliphatic carbocycles. The zero-order valence-corrected chi connectivity index (χ0v) is 14.9.